The van der Waals surface area contributed by atoms with Gasteiger partial charge in [-0.15, -0.1) is 0 Å². The third-order valence-electron chi connectivity index (χ3n) is 2.61. The molecule has 13 heavy (non-hydrogen) atoms. The molecule has 0 aromatic heterocycles. The highest BCUT2D eigenvalue weighted by Gasteiger charge is 2.22. The molecule has 1 aromatic rings. The van der Waals surface area contributed by atoms with E-state index in [0.29, 0.717) is 6.61 Å². The van der Waals surface area contributed by atoms with Crippen molar-refractivity contribution in [1.29, 1.82) is 0 Å². The second-order valence-electron chi connectivity index (χ2n) is 3.71. The fourth-order valence-corrected chi connectivity index (χ4v) is 1.81. The number of hydrogen-bond donors (Lipinski definition) is 1. The second-order valence-corrected chi connectivity index (χ2v) is 3.71. The van der Waals surface area contributed by atoms with Crippen LogP contribution in [0.2, 0.25) is 0 Å². The number of ether oxygens (including phenoxy) is 1. The van der Waals surface area contributed by atoms with E-state index in [2.05, 4.69) is 32.0 Å². The van der Waals surface area contributed by atoms with Gasteiger partial charge in [-0.1, -0.05) is 23.8 Å². The van der Waals surface area contributed by atoms with Gasteiger partial charge in [0.05, 0.1) is 18.8 Å². The molecule has 0 unspecified atom stereocenters. The fourth-order valence-electron chi connectivity index (χ4n) is 1.81. The molecule has 2 N–H and O–H groups in total. The first kappa shape index (κ1) is 8.73. The molecule has 0 amide bonds. The van der Waals surface area contributed by atoms with Crippen LogP contribution < -0.4 is 5.73 Å². The molecule has 2 heteroatoms. The predicted octanol–water partition coefficient (Wildman–Crippen LogP) is 2.09. The van der Waals surface area contributed by atoms with Crippen molar-refractivity contribution < 1.29 is 4.74 Å². The Kier molecular flexibility index (Phi) is 2.10. The molecule has 0 saturated carbocycles. The molecule has 2 atom stereocenters. The molecule has 1 aromatic carbocycles. The lowest BCUT2D eigenvalue weighted by Crippen LogP contribution is -2.25. The molecule has 2 nitrogen and oxygen atoms in total. The van der Waals surface area contributed by atoms with Crippen LogP contribution in [0.15, 0.2) is 18.2 Å². The number of hydrogen-bond acceptors (Lipinski definition) is 2. The maximum absolute atomic E-state index is 5.93. The van der Waals surface area contributed by atoms with E-state index in [1.54, 1.807) is 0 Å². The molecule has 0 radical (unpaired) electrons. The molecule has 1 aliphatic heterocycles. The highest BCUT2D eigenvalue weighted by Crippen LogP contribution is 2.31. The van der Waals surface area contributed by atoms with Gasteiger partial charge < -0.3 is 10.5 Å². The van der Waals surface area contributed by atoms with Gasteiger partial charge in [-0.25, -0.2) is 0 Å². The summed E-state index contributed by atoms with van der Waals surface area (Å²) in [4.78, 5) is 0. The third-order valence-corrected chi connectivity index (χ3v) is 2.61. The van der Waals surface area contributed by atoms with Crippen LogP contribution in [0.25, 0.3) is 0 Å². The number of aryl methyl sites for hydroxylation is 1. The summed E-state index contributed by atoms with van der Waals surface area (Å²) in [6, 6.07) is 6.44. The minimum atomic E-state index is 0.0480. The Morgan fingerprint density at radius 3 is 2.92 bits per heavy atom. The maximum atomic E-state index is 5.93. The van der Waals surface area contributed by atoms with E-state index in [1.807, 2.05) is 0 Å². The zero-order valence-electron chi connectivity index (χ0n) is 8.08. The molecule has 0 aliphatic carbocycles. The Bertz CT molecular complexity index is 322. The molecule has 0 saturated heterocycles. The van der Waals surface area contributed by atoms with Gasteiger partial charge in [0.2, 0.25) is 0 Å². The summed E-state index contributed by atoms with van der Waals surface area (Å²) in [6.45, 7) is 4.80. The number of rotatable bonds is 0. The molecule has 70 valence electrons. The summed E-state index contributed by atoms with van der Waals surface area (Å²) in [5.41, 5.74) is 9.69. The lowest BCUT2D eigenvalue weighted by atomic mass is 9.94. The van der Waals surface area contributed by atoms with Crippen LogP contribution in [0, 0.1) is 6.92 Å². The Morgan fingerprint density at radius 1 is 1.38 bits per heavy atom. The lowest BCUT2D eigenvalue weighted by Gasteiger charge is -2.28. The molecule has 2 rings (SSSR count). The zero-order chi connectivity index (χ0) is 9.42. The zero-order valence-corrected chi connectivity index (χ0v) is 8.08. The van der Waals surface area contributed by atoms with Gasteiger partial charge in [-0.2, -0.15) is 0 Å². The van der Waals surface area contributed by atoms with E-state index < -0.39 is 0 Å². The van der Waals surface area contributed by atoms with Crippen molar-refractivity contribution in [2.75, 3.05) is 6.61 Å². The summed E-state index contributed by atoms with van der Waals surface area (Å²) >= 11 is 0. The lowest BCUT2D eigenvalue weighted by molar-refractivity contribution is 0.0407. The van der Waals surface area contributed by atoms with Crippen molar-refractivity contribution in [2.45, 2.75) is 26.0 Å². The molecule has 0 spiro atoms. The van der Waals surface area contributed by atoms with Crippen molar-refractivity contribution in [3.63, 3.8) is 0 Å². The summed E-state index contributed by atoms with van der Waals surface area (Å²) < 4.78 is 5.55. The fraction of sp³-hybridized carbons (Fsp3) is 0.455. The van der Waals surface area contributed by atoms with Gasteiger partial charge in [-0.05, 0) is 25.0 Å². The number of nitrogens with two attached hydrogens (primary N) is 1. The van der Waals surface area contributed by atoms with Crippen molar-refractivity contribution in [3.05, 3.63) is 34.9 Å². The molecule has 1 heterocycles. The highest BCUT2D eigenvalue weighted by atomic mass is 16.5. The largest absolute Gasteiger partial charge is 0.372 e. The van der Waals surface area contributed by atoms with Gasteiger partial charge in [0.15, 0.2) is 0 Å². The van der Waals surface area contributed by atoms with Crippen molar-refractivity contribution >= 4 is 0 Å². The first-order valence-corrected chi connectivity index (χ1v) is 4.66. The number of benzene rings is 1. The Morgan fingerprint density at radius 2 is 2.15 bits per heavy atom. The van der Waals surface area contributed by atoms with Crippen LogP contribution in [0.1, 0.15) is 35.8 Å². The van der Waals surface area contributed by atoms with Crippen LogP contribution in [-0.4, -0.2) is 6.61 Å². The predicted molar refractivity (Wildman–Crippen MR) is 52.5 cm³/mol. The minimum absolute atomic E-state index is 0.0480. The molecule has 1 aliphatic rings. The smallest absolute Gasteiger partial charge is 0.0801 e. The first-order valence-electron chi connectivity index (χ1n) is 4.66. The minimum Gasteiger partial charge on any atom is -0.372 e. The van der Waals surface area contributed by atoms with Crippen LogP contribution in [0.3, 0.4) is 0 Å². The van der Waals surface area contributed by atoms with Gasteiger partial charge >= 0.3 is 0 Å². The van der Waals surface area contributed by atoms with Crippen molar-refractivity contribution in [1.82, 2.24) is 0 Å². The monoisotopic (exact) mass is 177 g/mol. The van der Waals surface area contributed by atoms with E-state index in [-0.39, 0.29) is 12.1 Å². The van der Waals surface area contributed by atoms with Crippen molar-refractivity contribution in [2.24, 2.45) is 5.73 Å². The van der Waals surface area contributed by atoms with Crippen LogP contribution in [-0.2, 0) is 4.74 Å². The van der Waals surface area contributed by atoms with E-state index in [1.165, 1.54) is 16.7 Å². The van der Waals surface area contributed by atoms with E-state index >= 15 is 0 Å². The topological polar surface area (TPSA) is 35.2 Å². The van der Waals surface area contributed by atoms with Crippen molar-refractivity contribution in [3.8, 4) is 0 Å². The van der Waals surface area contributed by atoms with Gasteiger partial charge in [0.25, 0.3) is 0 Å². The standard InChI is InChI=1S/C11H15NO/c1-7-3-4-9-10(5-7)8(2)13-6-11(9)12/h3-5,8,11H,6,12H2,1-2H3/t8-,11-/m1/s1. The summed E-state index contributed by atoms with van der Waals surface area (Å²) in [6.07, 6.45) is 0.190. The summed E-state index contributed by atoms with van der Waals surface area (Å²) in [5, 5.41) is 0. The Hall–Kier alpha value is -0.860. The quantitative estimate of drug-likeness (QED) is 0.658. The Balaban J connectivity index is 2.50. The van der Waals surface area contributed by atoms with E-state index in [9.17, 15) is 0 Å². The van der Waals surface area contributed by atoms with E-state index in [4.69, 9.17) is 10.5 Å². The molecular weight excluding hydrogens is 162 g/mol. The van der Waals surface area contributed by atoms with Crippen LogP contribution in [0.5, 0.6) is 0 Å². The molecule has 0 fully saturated rings. The first-order chi connectivity index (χ1) is 6.18. The highest BCUT2D eigenvalue weighted by molar-refractivity contribution is 5.36. The summed E-state index contributed by atoms with van der Waals surface area (Å²) in [7, 11) is 0. The average Bonchev–Trinajstić information content (AvgIpc) is 2.12. The third kappa shape index (κ3) is 1.47. The molecule has 0 bridgehead atoms. The SMILES string of the molecule is Cc1ccc2c(c1)[C@@H](C)OC[C@H]2N. The normalized spacial score (nSPS) is 27.0. The van der Waals surface area contributed by atoms with Gasteiger partial charge in [0, 0.05) is 0 Å². The Labute approximate surface area is 78.7 Å². The van der Waals surface area contributed by atoms with E-state index in [0.717, 1.165) is 0 Å². The summed E-state index contributed by atoms with van der Waals surface area (Å²) in [5.74, 6) is 0. The van der Waals surface area contributed by atoms with Crippen LogP contribution in [0.4, 0.5) is 0 Å². The molecular formula is C11H15NO. The van der Waals surface area contributed by atoms with Gasteiger partial charge in [-0.3, -0.25) is 0 Å². The second kappa shape index (κ2) is 3.13. The maximum Gasteiger partial charge on any atom is 0.0801 e. The van der Waals surface area contributed by atoms with Crippen LogP contribution >= 0.6 is 0 Å². The number of fused-ring (bicyclic) bond motifs is 1. The average molecular weight is 177 g/mol. The van der Waals surface area contributed by atoms with Gasteiger partial charge in [0.1, 0.15) is 0 Å².